The van der Waals surface area contributed by atoms with E-state index in [1.807, 2.05) is 20.8 Å². The summed E-state index contributed by atoms with van der Waals surface area (Å²) < 4.78 is 5.60. The Balaban J connectivity index is 2.19. The summed E-state index contributed by atoms with van der Waals surface area (Å²) in [4.78, 5) is 14.5. The van der Waals surface area contributed by atoms with Crippen molar-refractivity contribution in [3.05, 3.63) is 0 Å². The van der Waals surface area contributed by atoms with Crippen LogP contribution in [0.15, 0.2) is 0 Å². The Morgan fingerprint density at radius 3 is 2.44 bits per heavy atom. The summed E-state index contributed by atoms with van der Waals surface area (Å²) in [5.41, 5.74) is -0.389. The number of nitrogens with zero attached hydrogens (tertiary/aromatic N) is 1. The van der Waals surface area contributed by atoms with Gasteiger partial charge in [0.05, 0.1) is 8.07 Å². The first-order valence-electron chi connectivity index (χ1n) is 7.08. The van der Waals surface area contributed by atoms with Crippen molar-refractivity contribution in [2.45, 2.75) is 70.4 Å². The molecule has 2 fully saturated rings. The lowest BCUT2D eigenvalue weighted by Gasteiger charge is -2.44. The minimum Gasteiger partial charge on any atom is -0.444 e. The van der Waals surface area contributed by atoms with Gasteiger partial charge in [0.25, 0.3) is 0 Å². The molecule has 3 nitrogen and oxygen atoms in total. The molecule has 0 radical (unpaired) electrons. The number of carbonyl (C=O) groups excluding carboxylic acids is 1. The molecule has 2 aliphatic rings. The number of fused-ring (bicyclic) bond motifs is 1. The average Bonchev–Trinajstić information content (AvgIpc) is 2.87. The zero-order valence-electron chi connectivity index (χ0n) is 12.7. The van der Waals surface area contributed by atoms with Gasteiger partial charge in [0, 0.05) is 11.7 Å². The van der Waals surface area contributed by atoms with Crippen molar-refractivity contribution in [2.75, 3.05) is 6.54 Å². The highest BCUT2D eigenvalue weighted by atomic mass is 28.3. The molecule has 0 N–H and O–H groups in total. The fourth-order valence-electron chi connectivity index (χ4n) is 3.58. The van der Waals surface area contributed by atoms with E-state index in [2.05, 4.69) is 24.5 Å². The van der Waals surface area contributed by atoms with Crippen LogP contribution in [0.5, 0.6) is 0 Å². The van der Waals surface area contributed by atoms with Gasteiger partial charge in [-0.05, 0) is 46.0 Å². The lowest BCUT2D eigenvalue weighted by Crippen LogP contribution is -2.59. The third-order valence-corrected chi connectivity index (χ3v) is 7.88. The smallest absolute Gasteiger partial charge is 0.410 e. The molecular weight excluding hydrogens is 242 g/mol. The molecule has 0 aromatic carbocycles. The topological polar surface area (TPSA) is 29.5 Å². The standard InChI is InChI=1S/C14H27NO2Si/c1-13(2,3)17-12(16)15-9-7-8-11-10-14(11,15)18(4,5)6/h11H,7-10H2,1-6H3/t11-,14-/m1/s1. The first kappa shape index (κ1) is 13.9. The van der Waals surface area contributed by atoms with E-state index in [0.717, 1.165) is 18.9 Å². The van der Waals surface area contributed by atoms with Gasteiger partial charge in [-0.1, -0.05) is 19.6 Å². The molecule has 104 valence electrons. The van der Waals surface area contributed by atoms with Crippen LogP contribution < -0.4 is 0 Å². The molecule has 0 spiro atoms. The molecule has 2 rings (SSSR count). The van der Waals surface area contributed by atoms with E-state index in [9.17, 15) is 4.79 Å². The van der Waals surface area contributed by atoms with Crippen LogP contribution in [-0.2, 0) is 4.74 Å². The van der Waals surface area contributed by atoms with Gasteiger partial charge >= 0.3 is 6.09 Å². The Morgan fingerprint density at radius 2 is 1.94 bits per heavy atom. The predicted molar refractivity (Wildman–Crippen MR) is 76.4 cm³/mol. The Morgan fingerprint density at radius 1 is 1.33 bits per heavy atom. The van der Waals surface area contributed by atoms with Crippen molar-refractivity contribution < 1.29 is 9.53 Å². The number of carbonyl (C=O) groups is 1. The average molecular weight is 269 g/mol. The summed E-state index contributed by atoms with van der Waals surface area (Å²) >= 11 is 0. The first-order chi connectivity index (χ1) is 8.08. The summed E-state index contributed by atoms with van der Waals surface area (Å²) in [6, 6.07) is 0. The molecule has 1 aliphatic carbocycles. The number of likely N-dealkylation sites (tertiary alicyclic amines) is 1. The van der Waals surface area contributed by atoms with Crippen LogP contribution in [0.1, 0.15) is 40.0 Å². The van der Waals surface area contributed by atoms with Gasteiger partial charge in [0.15, 0.2) is 0 Å². The van der Waals surface area contributed by atoms with Crippen LogP contribution in [0.25, 0.3) is 0 Å². The van der Waals surface area contributed by atoms with Gasteiger partial charge in [0.2, 0.25) is 0 Å². The van der Waals surface area contributed by atoms with Crippen molar-refractivity contribution in [1.82, 2.24) is 4.90 Å². The van der Waals surface area contributed by atoms with Gasteiger partial charge in [-0.3, -0.25) is 0 Å². The Hall–Kier alpha value is -0.513. The summed E-state index contributed by atoms with van der Waals surface area (Å²) in [6.45, 7) is 13.9. The van der Waals surface area contributed by atoms with Gasteiger partial charge in [0.1, 0.15) is 5.60 Å². The van der Waals surface area contributed by atoms with Crippen molar-refractivity contribution >= 4 is 14.2 Å². The van der Waals surface area contributed by atoms with E-state index in [1.54, 1.807) is 0 Å². The maximum Gasteiger partial charge on any atom is 0.410 e. The quantitative estimate of drug-likeness (QED) is 0.680. The Labute approximate surface area is 112 Å². The highest BCUT2D eigenvalue weighted by molar-refractivity contribution is 6.80. The zero-order valence-corrected chi connectivity index (χ0v) is 13.7. The molecule has 2 atom stereocenters. The highest BCUT2D eigenvalue weighted by Crippen LogP contribution is 2.59. The minimum atomic E-state index is -1.38. The largest absolute Gasteiger partial charge is 0.444 e. The SMILES string of the molecule is CC(C)(C)OC(=O)N1CCC[C@@H]2C[C@@]21[Si](C)(C)C. The minimum absolute atomic E-state index is 0.0906. The molecule has 1 heterocycles. The van der Waals surface area contributed by atoms with E-state index < -0.39 is 8.07 Å². The lowest BCUT2D eigenvalue weighted by atomic mass is 10.1. The maximum absolute atomic E-state index is 12.4. The summed E-state index contributed by atoms with van der Waals surface area (Å²) in [5, 5.41) is 0.188. The van der Waals surface area contributed by atoms with Crippen molar-refractivity contribution in [3.63, 3.8) is 0 Å². The van der Waals surface area contributed by atoms with E-state index in [0.29, 0.717) is 0 Å². The molecule has 1 amide bonds. The number of ether oxygens (including phenoxy) is 1. The first-order valence-corrected chi connectivity index (χ1v) is 10.6. The fourth-order valence-corrected chi connectivity index (χ4v) is 6.82. The Bertz CT molecular complexity index is 356. The summed E-state index contributed by atoms with van der Waals surface area (Å²) in [7, 11) is -1.38. The van der Waals surface area contributed by atoms with Crippen LogP contribution in [0.4, 0.5) is 4.79 Å². The summed E-state index contributed by atoms with van der Waals surface area (Å²) in [6.07, 6.45) is 3.55. The molecule has 1 saturated carbocycles. The number of amides is 1. The Kier molecular flexibility index (Phi) is 3.08. The van der Waals surface area contributed by atoms with Crippen LogP contribution >= 0.6 is 0 Å². The van der Waals surface area contributed by atoms with E-state index in [-0.39, 0.29) is 16.9 Å². The lowest BCUT2D eigenvalue weighted by molar-refractivity contribution is 0.0143. The second-order valence-corrected chi connectivity index (χ2v) is 13.2. The van der Waals surface area contributed by atoms with Gasteiger partial charge < -0.3 is 9.64 Å². The fraction of sp³-hybridized carbons (Fsp3) is 0.929. The predicted octanol–water partition coefficient (Wildman–Crippen LogP) is 3.65. The van der Waals surface area contributed by atoms with Gasteiger partial charge in [-0.25, -0.2) is 4.79 Å². The highest BCUT2D eigenvalue weighted by Gasteiger charge is 2.67. The molecule has 18 heavy (non-hydrogen) atoms. The van der Waals surface area contributed by atoms with Crippen molar-refractivity contribution in [2.24, 2.45) is 5.92 Å². The number of rotatable bonds is 1. The maximum atomic E-state index is 12.4. The molecule has 1 saturated heterocycles. The second-order valence-electron chi connectivity index (χ2n) is 7.85. The molecule has 0 aromatic heterocycles. The van der Waals surface area contributed by atoms with Crippen LogP contribution in [-0.4, -0.2) is 36.4 Å². The normalized spacial score (nSPS) is 31.9. The van der Waals surface area contributed by atoms with Crippen LogP contribution in [0.3, 0.4) is 0 Å². The zero-order chi connectivity index (χ0) is 13.8. The van der Waals surface area contributed by atoms with E-state index in [4.69, 9.17) is 4.74 Å². The third-order valence-electron chi connectivity index (χ3n) is 4.40. The molecule has 0 aromatic rings. The van der Waals surface area contributed by atoms with Crippen LogP contribution in [0.2, 0.25) is 19.6 Å². The number of hydrogen-bond donors (Lipinski definition) is 0. The van der Waals surface area contributed by atoms with E-state index >= 15 is 0 Å². The molecule has 0 unspecified atom stereocenters. The van der Waals surface area contributed by atoms with Gasteiger partial charge in [-0.2, -0.15) is 0 Å². The second kappa shape index (κ2) is 3.99. The molecule has 4 heteroatoms. The number of piperidine rings is 1. The molecular formula is C14H27NO2Si. The molecule has 1 aliphatic heterocycles. The summed E-state index contributed by atoms with van der Waals surface area (Å²) in [5.74, 6) is 0.741. The van der Waals surface area contributed by atoms with Crippen molar-refractivity contribution in [3.8, 4) is 0 Å². The van der Waals surface area contributed by atoms with Crippen molar-refractivity contribution in [1.29, 1.82) is 0 Å². The van der Waals surface area contributed by atoms with Gasteiger partial charge in [-0.15, -0.1) is 0 Å². The van der Waals surface area contributed by atoms with E-state index in [1.165, 1.54) is 12.8 Å². The monoisotopic (exact) mass is 269 g/mol. The van der Waals surface area contributed by atoms with Crippen LogP contribution in [0, 0.1) is 5.92 Å². The molecule has 0 bridgehead atoms. The third kappa shape index (κ3) is 2.19. The number of hydrogen-bond acceptors (Lipinski definition) is 2.